The summed E-state index contributed by atoms with van der Waals surface area (Å²) in [6, 6.07) is 0. The second-order valence-corrected chi connectivity index (χ2v) is 9.22. The lowest BCUT2D eigenvalue weighted by Gasteiger charge is -2.44. The zero-order chi connectivity index (χ0) is 19.0. The summed E-state index contributed by atoms with van der Waals surface area (Å²) in [4.78, 5) is 15.1. The van der Waals surface area contributed by atoms with Crippen LogP contribution in [-0.4, -0.2) is 52.4 Å². The van der Waals surface area contributed by atoms with Crippen molar-refractivity contribution in [1.29, 1.82) is 0 Å². The van der Waals surface area contributed by atoms with E-state index < -0.39 is 0 Å². The Labute approximate surface area is 162 Å². The Hall–Kier alpha value is -1.40. The molecule has 2 aliphatic heterocycles. The van der Waals surface area contributed by atoms with E-state index in [4.69, 9.17) is 4.74 Å². The number of aryl methyl sites for hydroxylation is 1. The molecule has 1 saturated carbocycles. The molecule has 1 aliphatic carbocycles. The van der Waals surface area contributed by atoms with E-state index in [1.165, 1.54) is 31.5 Å². The molecule has 0 unspecified atom stereocenters. The number of fused-ring (bicyclic) bond motifs is 1. The monoisotopic (exact) mass is 374 g/mol. The van der Waals surface area contributed by atoms with Crippen LogP contribution < -0.4 is 5.32 Å². The van der Waals surface area contributed by atoms with Gasteiger partial charge in [-0.1, -0.05) is 13.8 Å². The second-order valence-electron chi connectivity index (χ2n) is 9.22. The Bertz CT molecular complexity index is 685. The van der Waals surface area contributed by atoms with Crippen LogP contribution in [0.4, 0.5) is 0 Å². The van der Waals surface area contributed by atoms with Gasteiger partial charge >= 0.3 is 0 Å². The molecule has 3 heterocycles. The van der Waals surface area contributed by atoms with Crippen molar-refractivity contribution >= 4 is 5.91 Å². The maximum atomic E-state index is 12.6. The van der Waals surface area contributed by atoms with Crippen molar-refractivity contribution in [2.24, 2.45) is 18.9 Å². The molecule has 1 amide bonds. The number of rotatable bonds is 6. The summed E-state index contributed by atoms with van der Waals surface area (Å²) in [6.07, 6.45) is 6.75. The Balaban J connectivity index is 1.39. The summed E-state index contributed by atoms with van der Waals surface area (Å²) in [5.74, 6) is 1.39. The quantitative estimate of drug-likeness (QED) is 0.831. The average Bonchev–Trinajstić information content (AvgIpc) is 3.43. The standard InChI is InChI=1S/C21H34N4O2/c1-15(2)6-9-25-10-7-21(8-11-25)12-18-17(14-27-21)19(23-24(18)3)20(26)22-13-16-4-5-16/h15-16H,4-14H2,1-3H3,(H,22,26). The summed E-state index contributed by atoms with van der Waals surface area (Å²) in [5, 5.41) is 7.59. The summed E-state index contributed by atoms with van der Waals surface area (Å²) >= 11 is 0. The smallest absolute Gasteiger partial charge is 0.272 e. The number of nitrogens with one attached hydrogen (secondary N) is 1. The van der Waals surface area contributed by atoms with Crippen molar-refractivity contribution in [1.82, 2.24) is 20.0 Å². The molecule has 6 heteroatoms. The zero-order valence-corrected chi connectivity index (χ0v) is 17.1. The first-order valence-electron chi connectivity index (χ1n) is 10.6. The fourth-order valence-corrected chi connectivity index (χ4v) is 4.33. The maximum absolute atomic E-state index is 12.6. The second kappa shape index (κ2) is 7.55. The number of piperidine rings is 1. The predicted molar refractivity (Wildman–Crippen MR) is 105 cm³/mol. The Morgan fingerprint density at radius 2 is 2.07 bits per heavy atom. The summed E-state index contributed by atoms with van der Waals surface area (Å²) in [7, 11) is 1.97. The number of nitrogens with zero attached hydrogens (tertiary/aromatic N) is 3. The van der Waals surface area contributed by atoms with Gasteiger partial charge in [0.15, 0.2) is 5.69 Å². The Morgan fingerprint density at radius 1 is 1.33 bits per heavy atom. The van der Waals surface area contributed by atoms with E-state index in [1.54, 1.807) is 0 Å². The molecule has 27 heavy (non-hydrogen) atoms. The molecule has 1 N–H and O–H groups in total. The molecule has 1 aromatic rings. The topological polar surface area (TPSA) is 59.4 Å². The molecule has 1 saturated heterocycles. The first-order chi connectivity index (χ1) is 13.0. The average molecular weight is 375 g/mol. The summed E-state index contributed by atoms with van der Waals surface area (Å²) < 4.78 is 8.30. The maximum Gasteiger partial charge on any atom is 0.272 e. The van der Waals surface area contributed by atoms with E-state index in [2.05, 4.69) is 29.2 Å². The van der Waals surface area contributed by atoms with Gasteiger partial charge in [0.05, 0.1) is 12.2 Å². The van der Waals surface area contributed by atoms with Crippen LogP contribution in [-0.2, 0) is 24.8 Å². The lowest BCUT2D eigenvalue weighted by molar-refractivity contribution is -0.103. The largest absolute Gasteiger partial charge is 0.370 e. The van der Waals surface area contributed by atoms with Crippen molar-refractivity contribution in [2.75, 3.05) is 26.2 Å². The van der Waals surface area contributed by atoms with E-state index in [0.29, 0.717) is 18.2 Å². The molecule has 0 bridgehead atoms. The van der Waals surface area contributed by atoms with Gasteiger partial charge in [0, 0.05) is 44.4 Å². The molecule has 0 aromatic carbocycles. The normalized spacial score (nSPS) is 22.2. The third-order valence-electron chi connectivity index (χ3n) is 6.54. The number of ether oxygens (including phenoxy) is 1. The number of aromatic nitrogens is 2. The van der Waals surface area contributed by atoms with Crippen LogP contribution in [0.3, 0.4) is 0 Å². The van der Waals surface area contributed by atoms with Crippen LogP contribution >= 0.6 is 0 Å². The van der Waals surface area contributed by atoms with Gasteiger partial charge in [0.2, 0.25) is 0 Å². The van der Waals surface area contributed by atoms with Crippen molar-refractivity contribution in [3.05, 3.63) is 17.0 Å². The lowest BCUT2D eigenvalue weighted by atomic mass is 9.83. The van der Waals surface area contributed by atoms with Crippen LogP contribution in [0.25, 0.3) is 0 Å². The fraction of sp³-hybridized carbons (Fsp3) is 0.810. The van der Waals surface area contributed by atoms with Crippen molar-refractivity contribution in [2.45, 2.75) is 64.6 Å². The van der Waals surface area contributed by atoms with Crippen LogP contribution in [0.5, 0.6) is 0 Å². The zero-order valence-electron chi connectivity index (χ0n) is 17.1. The molecule has 2 fully saturated rings. The van der Waals surface area contributed by atoms with E-state index in [0.717, 1.165) is 50.4 Å². The molecular formula is C21H34N4O2. The lowest BCUT2D eigenvalue weighted by Crippen LogP contribution is -2.49. The molecule has 4 rings (SSSR count). The third-order valence-corrected chi connectivity index (χ3v) is 6.54. The van der Waals surface area contributed by atoms with Gasteiger partial charge in [-0.15, -0.1) is 0 Å². The van der Waals surface area contributed by atoms with Crippen LogP contribution in [0.15, 0.2) is 0 Å². The number of amides is 1. The molecular weight excluding hydrogens is 340 g/mol. The van der Waals surface area contributed by atoms with E-state index in [9.17, 15) is 4.79 Å². The van der Waals surface area contributed by atoms with Gasteiger partial charge in [-0.25, -0.2) is 0 Å². The highest BCUT2D eigenvalue weighted by Gasteiger charge is 2.41. The van der Waals surface area contributed by atoms with Gasteiger partial charge in [-0.3, -0.25) is 9.48 Å². The number of carbonyl (C=O) groups is 1. The summed E-state index contributed by atoms with van der Waals surface area (Å²) in [6.45, 7) is 9.28. The summed E-state index contributed by atoms with van der Waals surface area (Å²) in [5.41, 5.74) is 2.68. The van der Waals surface area contributed by atoms with Crippen molar-refractivity contribution in [3.8, 4) is 0 Å². The van der Waals surface area contributed by atoms with Gasteiger partial charge in [0.1, 0.15) is 0 Å². The van der Waals surface area contributed by atoms with E-state index in [1.807, 2.05) is 11.7 Å². The molecule has 3 aliphatic rings. The van der Waals surface area contributed by atoms with E-state index >= 15 is 0 Å². The predicted octanol–water partition coefficient (Wildman–Crippen LogP) is 2.51. The molecule has 150 valence electrons. The molecule has 6 nitrogen and oxygen atoms in total. The number of hydrogen-bond donors (Lipinski definition) is 1. The highest BCUT2D eigenvalue weighted by molar-refractivity contribution is 5.94. The van der Waals surface area contributed by atoms with Gasteiger partial charge in [-0.05, 0) is 50.5 Å². The first-order valence-corrected chi connectivity index (χ1v) is 10.6. The number of hydrogen-bond acceptors (Lipinski definition) is 4. The minimum Gasteiger partial charge on any atom is -0.370 e. The Morgan fingerprint density at radius 3 is 2.74 bits per heavy atom. The SMILES string of the molecule is CC(C)CCN1CCC2(CC1)Cc1c(c(C(=O)NCC3CC3)nn1C)CO2. The van der Waals surface area contributed by atoms with Crippen LogP contribution in [0, 0.1) is 11.8 Å². The van der Waals surface area contributed by atoms with Gasteiger partial charge < -0.3 is 15.0 Å². The highest BCUT2D eigenvalue weighted by atomic mass is 16.5. The minimum absolute atomic E-state index is 0.0400. The van der Waals surface area contributed by atoms with Gasteiger partial charge in [-0.2, -0.15) is 5.10 Å². The molecule has 0 atom stereocenters. The molecule has 0 radical (unpaired) electrons. The number of carbonyl (C=O) groups excluding carboxylic acids is 1. The van der Waals surface area contributed by atoms with Crippen LogP contribution in [0.2, 0.25) is 0 Å². The fourth-order valence-electron chi connectivity index (χ4n) is 4.33. The van der Waals surface area contributed by atoms with Gasteiger partial charge in [0.25, 0.3) is 5.91 Å². The third kappa shape index (κ3) is 4.21. The highest BCUT2D eigenvalue weighted by Crippen LogP contribution is 2.37. The first kappa shape index (κ1) is 18.9. The number of likely N-dealkylation sites (tertiary alicyclic amines) is 1. The van der Waals surface area contributed by atoms with Crippen molar-refractivity contribution in [3.63, 3.8) is 0 Å². The minimum atomic E-state index is -0.0725. The Kier molecular flexibility index (Phi) is 5.30. The van der Waals surface area contributed by atoms with Crippen molar-refractivity contribution < 1.29 is 9.53 Å². The van der Waals surface area contributed by atoms with E-state index in [-0.39, 0.29) is 11.5 Å². The van der Waals surface area contributed by atoms with Crippen LogP contribution in [0.1, 0.15) is 67.7 Å². The molecule has 1 aromatic heterocycles. The molecule has 1 spiro atoms.